The van der Waals surface area contributed by atoms with E-state index in [1.165, 1.54) is 0 Å². The SMILES string of the molecule is CCC(C)N(Cc1cccn1Cc1cccc(OC)c1)C(=O)CN(CCCOC)C(=O)c1ccccc1C. The molecular weight excluding hydrogens is 478 g/mol. The van der Waals surface area contributed by atoms with Gasteiger partial charge in [-0.15, -0.1) is 0 Å². The van der Waals surface area contributed by atoms with Crippen LogP contribution in [0.25, 0.3) is 0 Å². The summed E-state index contributed by atoms with van der Waals surface area (Å²) in [6.45, 7) is 8.21. The van der Waals surface area contributed by atoms with Crippen LogP contribution in [-0.4, -0.2) is 66.1 Å². The first-order valence-corrected chi connectivity index (χ1v) is 13.3. The standard InChI is InChI=1S/C31H41N3O4/c1-6-25(3)34(22-27-14-10-17-32(27)21-26-13-9-15-28(20-26)38-5)30(35)23-33(18-11-19-37-4)31(36)29-16-8-7-12-24(29)2/h7-10,12-17,20,25H,6,11,18-19,21-23H2,1-5H3. The Hall–Kier alpha value is -3.58. The van der Waals surface area contributed by atoms with Gasteiger partial charge in [-0.2, -0.15) is 0 Å². The van der Waals surface area contributed by atoms with E-state index in [-0.39, 0.29) is 24.4 Å². The smallest absolute Gasteiger partial charge is 0.254 e. The van der Waals surface area contributed by atoms with Gasteiger partial charge in [0.25, 0.3) is 5.91 Å². The first kappa shape index (κ1) is 29.0. The number of aryl methyl sites for hydroxylation is 1. The minimum Gasteiger partial charge on any atom is -0.497 e. The van der Waals surface area contributed by atoms with Crippen molar-refractivity contribution in [1.29, 1.82) is 0 Å². The van der Waals surface area contributed by atoms with Gasteiger partial charge in [0, 0.05) is 50.3 Å². The van der Waals surface area contributed by atoms with Crippen molar-refractivity contribution in [2.75, 3.05) is 33.9 Å². The molecule has 0 spiro atoms. The summed E-state index contributed by atoms with van der Waals surface area (Å²) in [5, 5.41) is 0. The number of methoxy groups -OCH3 is 2. The van der Waals surface area contributed by atoms with Crippen molar-refractivity contribution in [2.24, 2.45) is 0 Å². The fourth-order valence-electron chi connectivity index (χ4n) is 4.49. The van der Waals surface area contributed by atoms with Crippen LogP contribution in [0.4, 0.5) is 0 Å². The molecular formula is C31H41N3O4. The van der Waals surface area contributed by atoms with Crippen LogP contribution in [0.15, 0.2) is 66.9 Å². The number of carbonyl (C=O) groups is 2. The highest BCUT2D eigenvalue weighted by atomic mass is 16.5. The Morgan fingerprint density at radius 3 is 2.53 bits per heavy atom. The van der Waals surface area contributed by atoms with Crippen LogP contribution in [0.5, 0.6) is 5.75 Å². The van der Waals surface area contributed by atoms with Gasteiger partial charge < -0.3 is 23.8 Å². The molecule has 2 amide bonds. The van der Waals surface area contributed by atoms with Crippen LogP contribution in [-0.2, 0) is 22.6 Å². The lowest BCUT2D eigenvalue weighted by atomic mass is 10.1. The predicted molar refractivity (Wildman–Crippen MR) is 150 cm³/mol. The van der Waals surface area contributed by atoms with Gasteiger partial charge in [0.15, 0.2) is 0 Å². The van der Waals surface area contributed by atoms with Crippen LogP contribution in [0.2, 0.25) is 0 Å². The monoisotopic (exact) mass is 519 g/mol. The predicted octanol–water partition coefficient (Wildman–Crippen LogP) is 5.16. The van der Waals surface area contributed by atoms with E-state index >= 15 is 0 Å². The van der Waals surface area contributed by atoms with E-state index < -0.39 is 0 Å². The van der Waals surface area contributed by atoms with Crippen LogP contribution < -0.4 is 4.74 Å². The largest absolute Gasteiger partial charge is 0.497 e. The van der Waals surface area contributed by atoms with E-state index in [0.29, 0.717) is 38.2 Å². The maximum Gasteiger partial charge on any atom is 0.254 e. The minimum absolute atomic E-state index is 0.0251. The highest BCUT2D eigenvalue weighted by Crippen LogP contribution is 2.18. The Morgan fingerprint density at radius 2 is 1.82 bits per heavy atom. The van der Waals surface area contributed by atoms with Crippen LogP contribution >= 0.6 is 0 Å². The van der Waals surface area contributed by atoms with E-state index in [0.717, 1.165) is 29.0 Å². The number of ether oxygens (including phenoxy) is 2. The molecule has 0 saturated heterocycles. The quantitative estimate of drug-likeness (QED) is 0.276. The van der Waals surface area contributed by atoms with E-state index in [1.807, 2.05) is 66.6 Å². The average Bonchev–Trinajstić information content (AvgIpc) is 3.37. The molecule has 7 heteroatoms. The van der Waals surface area contributed by atoms with Gasteiger partial charge in [-0.05, 0) is 68.1 Å². The Kier molecular flexibility index (Phi) is 11.0. The van der Waals surface area contributed by atoms with Crippen molar-refractivity contribution in [1.82, 2.24) is 14.4 Å². The molecule has 3 aromatic rings. The Morgan fingerprint density at radius 1 is 1.03 bits per heavy atom. The third-order valence-electron chi connectivity index (χ3n) is 6.95. The maximum atomic E-state index is 13.8. The van der Waals surface area contributed by atoms with Gasteiger partial charge in [-0.3, -0.25) is 9.59 Å². The molecule has 0 aliphatic carbocycles. The molecule has 0 fully saturated rings. The number of carbonyl (C=O) groups excluding carboxylic acids is 2. The Labute approximate surface area is 227 Å². The van der Waals surface area contributed by atoms with Crippen LogP contribution in [0, 0.1) is 6.92 Å². The number of rotatable bonds is 14. The molecule has 3 rings (SSSR count). The summed E-state index contributed by atoms with van der Waals surface area (Å²) in [6.07, 6.45) is 3.51. The molecule has 38 heavy (non-hydrogen) atoms. The molecule has 1 atom stereocenters. The van der Waals surface area contributed by atoms with E-state index in [9.17, 15) is 9.59 Å². The van der Waals surface area contributed by atoms with Crippen molar-refractivity contribution >= 4 is 11.8 Å². The number of amides is 2. The fourth-order valence-corrected chi connectivity index (χ4v) is 4.49. The summed E-state index contributed by atoms with van der Waals surface area (Å²) in [5.41, 5.74) is 3.69. The van der Waals surface area contributed by atoms with Crippen LogP contribution in [0.3, 0.4) is 0 Å². The molecule has 0 aliphatic rings. The summed E-state index contributed by atoms with van der Waals surface area (Å²) >= 11 is 0. The zero-order chi connectivity index (χ0) is 27.5. The second kappa shape index (κ2) is 14.4. The number of aromatic nitrogens is 1. The summed E-state index contributed by atoms with van der Waals surface area (Å²) in [6, 6.07) is 19.6. The van der Waals surface area contributed by atoms with Gasteiger partial charge in [0.1, 0.15) is 12.3 Å². The molecule has 7 nitrogen and oxygen atoms in total. The zero-order valence-corrected chi connectivity index (χ0v) is 23.4. The summed E-state index contributed by atoms with van der Waals surface area (Å²) in [5.74, 6) is 0.630. The summed E-state index contributed by atoms with van der Waals surface area (Å²) in [7, 11) is 3.31. The third-order valence-corrected chi connectivity index (χ3v) is 6.95. The van der Waals surface area contributed by atoms with E-state index in [1.54, 1.807) is 19.1 Å². The lowest BCUT2D eigenvalue weighted by Gasteiger charge is -2.32. The van der Waals surface area contributed by atoms with Crippen molar-refractivity contribution in [3.8, 4) is 5.75 Å². The van der Waals surface area contributed by atoms with Crippen LogP contribution in [0.1, 0.15) is 53.9 Å². The molecule has 0 aliphatic heterocycles. The molecule has 0 bridgehead atoms. The first-order valence-electron chi connectivity index (χ1n) is 13.3. The molecule has 2 aromatic carbocycles. The third kappa shape index (κ3) is 7.71. The maximum absolute atomic E-state index is 13.8. The topological polar surface area (TPSA) is 64.0 Å². The van der Waals surface area contributed by atoms with Gasteiger partial charge in [-0.25, -0.2) is 0 Å². The normalized spacial score (nSPS) is 11.7. The van der Waals surface area contributed by atoms with Crippen molar-refractivity contribution < 1.29 is 19.1 Å². The summed E-state index contributed by atoms with van der Waals surface area (Å²) < 4.78 is 12.7. The van der Waals surface area contributed by atoms with Crippen molar-refractivity contribution in [3.63, 3.8) is 0 Å². The van der Waals surface area contributed by atoms with Crippen molar-refractivity contribution in [2.45, 2.75) is 52.7 Å². The highest BCUT2D eigenvalue weighted by Gasteiger charge is 2.26. The molecule has 1 heterocycles. The van der Waals surface area contributed by atoms with Gasteiger partial charge in [0.05, 0.1) is 13.7 Å². The van der Waals surface area contributed by atoms with Gasteiger partial charge in [-0.1, -0.05) is 37.3 Å². The summed E-state index contributed by atoms with van der Waals surface area (Å²) in [4.78, 5) is 30.8. The Bertz CT molecular complexity index is 1190. The number of hydrogen-bond acceptors (Lipinski definition) is 4. The van der Waals surface area contributed by atoms with E-state index in [2.05, 4.69) is 30.5 Å². The lowest BCUT2D eigenvalue weighted by Crippen LogP contribution is -2.46. The molecule has 0 saturated carbocycles. The highest BCUT2D eigenvalue weighted by molar-refractivity contribution is 5.97. The average molecular weight is 520 g/mol. The number of hydrogen-bond donors (Lipinski definition) is 0. The second-order valence-corrected chi connectivity index (χ2v) is 9.65. The first-order chi connectivity index (χ1) is 18.4. The molecule has 0 radical (unpaired) electrons. The molecule has 0 N–H and O–H groups in total. The molecule has 1 aromatic heterocycles. The second-order valence-electron chi connectivity index (χ2n) is 9.65. The van der Waals surface area contributed by atoms with Crippen molar-refractivity contribution in [3.05, 3.63) is 89.2 Å². The Balaban J connectivity index is 1.80. The molecule has 1 unspecified atom stereocenters. The van der Waals surface area contributed by atoms with Gasteiger partial charge in [0.2, 0.25) is 5.91 Å². The lowest BCUT2D eigenvalue weighted by molar-refractivity contribution is -0.134. The fraction of sp³-hybridized carbons (Fsp3) is 0.419. The van der Waals surface area contributed by atoms with Gasteiger partial charge >= 0.3 is 0 Å². The van der Waals surface area contributed by atoms with E-state index in [4.69, 9.17) is 9.47 Å². The minimum atomic E-state index is -0.127. The molecule has 204 valence electrons. The number of nitrogens with zero attached hydrogens (tertiary/aromatic N) is 3. The number of benzene rings is 2. The zero-order valence-electron chi connectivity index (χ0n) is 23.4.